The molecule has 5 nitrogen and oxygen atoms in total. The van der Waals surface area contributed by atoms with Crippen LogP contribution in [0.15, 0.2) is 30.3 Å². The van der Waals surface area contributed by atoms with E-state index in [1.54, 1.807) is 7.11 Å². The zero-order valence-electron chi connectivity index (χ0n) is 12.2. The van der Waals surface area contributed by atoms with E-state index in [1.807, 2.05) is 34.9 Å². The molecular weight excluding hydrogens is 284 g/mol. The number of H-pyrrole nitrogens is 1. The van der Waals surface area contributed by atoms with E-state index in [0.29, 0.717) is 10.7 Å². The van der Waals surface area contributed by atoms with Gasteiger partial charge in [0.05, 0.1) is 12.3 Å². The number of piperidine rings is 1. The number of aromatic nitrogens is 3. The SMILES string of the molecule is COCC1CCCN(c2n[nH]c(=S)n2-c2ccccc2)C1. The minimum absolute atomic E-state index is 0.554. The molecule has 1 fully saturated rings. The monoisotopic (exact) mass is 304 g/mol. The maximum atomic E-state index is 5.40. The van der Waals surface area contributed by atoms with E-state index in [0.717, 1.165) is 37.8 Å². The van der Waals surface area contributed by atoms with Gasteiger partial charge in [-0.3, -0.25) is 4.57 Å². The molecule has 0 spiro atoms. The molecule has 1 atom stereocenters. The fraction of sp³-hybridized carbons (Fsp3) is 0.467. The van der Waals surface area contributed by atoms with Crippen LogP contribution in [0.3, 0.4) is 0 Å². The Labute approximate surface area is 129 Å². The van der Waals surface area contributed by atoms with Gasteiger partial charge < -0.3 is 9.64 Å². The molecule has 1 saturated heterocycles. The summed E-state index contributed by atoms with van der Waals surface area (Å²) in [7, 11) is 1.76. The predicted molar refractivity (Wildman–Crippen MR) is 85.6 cm³/mol. The van der Waals surface area contributed by atoms with Gasteiger partial charge in [-0.2, -0.15) is 0 Å². The minimum atomic E-state index is 0.554. The molecule has 0 saturated carbocycles. The van der Waals surface area contributed by atoms with E-state index in [1.165, 1.54) is 6.42 Å². The maximum Gasteiger partial charge on any atom is 0.230 e. The molecule has 1 N–H and O–H groups in total. The van der Waals surface area contributed by atoms with Gasteiger partial charge in [0.15, 0.2) is 0 Å². The van der Waals surface area contributed by atoms with Gasteiger partial charge in [0, 0.05) is 20.2 Å². The van der Waals surface area contributed by atoms with Crippen molar-refractivity contribution in [3.8, 4) is 5.69 Å². The lowest BCUT2D eigenvalue weighted by atomic mass is 9.99. The van der Waals surface area contributed by atoms with Gasteiger partial charge in [0.1, 0.15) is 0 Å². The van der Waals surface area contributed by atoms with Crippen LogP contribution in [0.4, 0.5) is 5.95 Å². The number of rotatable bonds is 4. The summed E-state index contributed by atoms with van der Waals surface area (Å²) in [5.41, 5.74) is 1.04. The molecule has 21 heavy (non-hydrogen) atoms. The molecule has 6 heteroatoms. The number of para-hydroxylation sites is 1. The van der Waals surface area contributed by atoms with E-state index in [2.05, 4.69) is 15.1 Å². The van der Waals surface area contributed by atoms with E-state index >= 15 is 0 Å². The molecule has 3 rings (SSSR count). The van der Waals surface area contributed by atoms with E-state index in [4.69, 9.17) is 17.0 Å². The maximum absolute atomic E-state index is 5.40. The summed E-state index contributed by atoms with van der Waals surface area (Å²) >= 11 is 5.40. The summed E-state index contributed by atoms with van der Waals surface area (Å²) in [6, 6.07) is 10.1. The first-order valence-corrected chi connectivity index (χ1v) is 7.67. The summed E-state index contributed by atoms with van der Waals surface area (Å²) in [6.45, 7) is 2.76. The standard InChI is InChI=1S/C15H20N4OS/c1-20-11-12-6-5-9-18(10-12)14-16-17-15(21)19(14)13-7-3-2-4-8-13/h2-4,7-8,12H,5-6,9-11H2,1H3,(H,17,21). The van der Waals surface area contributed by atoms with Gasteiger partial charge in [0.2, 0.25) is 10.7 Å². The second-order valence-electron chi connectivity index (χ2n) is 5.41. The smallest absolute Gasteiger partial charge is 0.230 e. The topological polar surface area (TPSA) is 46.1 Å². The largest absolute Gasteiger partial charge is 0.384 e. The van der Waals surface area contributed by atoms with Gasteiger partial charge in [-0.05, 0) is 43.1 Å². The van der Waals surface area contributed by atoms with Crippen molar-refractivity contribution in [1.82, 2.24) is 14.8 Å². The number of nitrogens with zero attached hydrogens (tertiary/aromatic N) is 3. The van der Waals surface area contributed by atoms with Crippen LogP contribution in [0.5, 0.6) is 0 Å². The second kappa shape index (κ2) is 6.41. The lowest BCUT2D eigenvalue weighted by Crippen LogP contribution is -2.38. The van der Waals surface area contributed by atoms with Gasteiger partial charge in [-0.15, -0.1) is 5.10 Å². The first-order valence-electron chi connectivity index (χ1n) is 7.26. The fourth-order valence-electron chi connectivity index (χ4n) is 2.93. The van der Waals surface area contributed by atoms with E-state index in [-0.39, 0.29) is 0 Å². The first kappa shape index (κ1) is 14.3. The van der Waals surface area contributed by atoms with Crippen LogP contribution in [0.1, 0.15) is 12.8 Å². The summed E-state index contributed by atoms with van der Waals surface area (Å²) in [4.78, 5) is 2.30. The molecule has 0 aliphatic carbocycles. The third-order valence-corrected chi connectivity index (χ3v) is 4.15. The van der Waals surface area contributed by atoms with Crippen molar-refractivity contribution >= 4 is 18.2 Å². The zero-order chi connectivity index (χ0) is 14.7. The van der Waals surface area contributed by atoms with E-state index in [9.17, 15) is 0 Å². The Kier molecular flexibility index (Phi) is 4.36. The second-order valence-corrected chi connectivity index (χ2v) is 5.80. The van der Waals surface area contributed by atoms with Crippen LogP contribution < -0.4 is 4.90 Å². The Morgan fingerprint density at radius 3 is 2.95 bits per heavy atom. The number of methoxy groups -OCH3 is 1. The number of anilines is 1. The lowest BCUT2D eigenvalue weighted by molar-refractivity contribution is 0.143. The average Bonchev–Trinajstić information content (AvgIpc) is 2.90. The number of hydrogen-bond acceptors (Lipinski definition) is 4. The molecule has 1 aliphatic rings. The normalized spacial score (nSPS) is 18.9. The van der Waals surface area contributed by atoms with Gasteiger partial charge in [0.25, 0.3) is 0 Å². The van der Waals surface area contributed by atoms with Gasteiger partial charge >= 0.3 is 0 Å². The molecule has 1 aromatic heterocycles. The summed E-state index contributed by atoms with van der Waals surface area (Å²) in [5.74, 6) is 1.45. The van der Waals surface area contributed by atoms with Gasteiger partial charge in [-0.25, -0.2) is 5.10 Å². The van der Waals surface area contributed by atoms with Crippen molar-refractivity contribution in [2.24, 2.45) is 5.92 Å². The van der Waals surface area contributed by atoms with Crippen molar-refractivity contribution in [2.45, 2.75) is 12.8 Å². The summed E-state index contributed by atoms with van der Waals surface area (Å²) in [6.07, 6.45) is 2.36. The molecule has 1 aromatic carbocycles. The highest BCUT2D eigenvalue weighted by atomic mass is 32.1. The predicted octanol–water partition coefficient (Wildman–Crippen LogP) is 2.79. The fourth-order valence-corrected chi connectivity index (χ4v) is 3.16. The van der Waals surface area contributed by atoms with E-state index < -0.39 is 0 Å². The molecule has 0 amide bonds. The van der Waals surface area contributed by atoms with Crippen molar-refractivity contribution in [3.63, 3.8) is 0 Å². The first-order chi connectivity index (χ1) is 10.3. The Hall–Kier alpha value is -1.66. The van der Waals surface area contributed by atoms with Crippen LogP contribution in [0.25, 0.3) is 5.69 Å². The Balaban J connectivity index is 1.91. The molecule has 2 heterocycles. The highest BCUT2D eigenvalue weighted by molar-refractivity contribution is 7.71. The number of benzene rings is 1. The van der Waals surface area contributed by atoms with Crippen LogP contribution in [0.2, 0.25) is 0 Å². The lowest BCUT2D eigenvalue weighted by Gasteiger charge is -2.33. The Morgan fingerprint density at radius 2 is 2.19 bits per heavy atom. The molecule has 0 radical (unpaired) electrons. The van der Waals surface area contributed by atoms with Crippen LogP contribution in [0, 0.1) is 10.7 Å². The molecule has 1 aliphatic heterocycles. The van der Waals surface area contributed by atoms with Crippen molar-refractivity contribution in [2.75, 3.05) is 31.7 Å². The van der Waals surface area contributed by atoms with Crippen LogP contribution in [-0.4, -0.2) is 41.6 Å². The Bertz CT molecular complexity index is 635. The third-order valence-electron chi connectivity index (χ3n) is 3.87. The van der Waals surface area contributed by atoms with Crippen LogP contribution in [-0.2, 0) is 4.74 Å². The minimum Gasteiger partial charge on any atom is -0.384 e. The average molecular weight is 304 g/mol. The molecule has 112 valence electrons. The quantitative estimate of drug-likeness (QED) is 0.882. The molecule has 1 unspecified atom stereocenters. The number of ether oxygens (including phenoxy) is 1. The molecular formula is C15H20N4OS. The van der Waals surface area contributed by atoms with Crippen molar-refractivity contribution < 1.29 is 4.74 Å². The summed E-state index contributed by atoms with van der Waals surface area (Å²) in [5, 5.41) is 7.36. The number of hydrogen-bond donors (Lipinski definition) is 1. The number of aromatic amines is 1. The summed E-state index contributed by atoms with van der Waals surface area (Å²) < 4.78 is 7.94. The van der Waals surface area contributed by atoms with Crippen molar-refractivity contribution in [1.29, 1.82) is 0 Å². The molecule has 2 aromatic rings. The van der Waals surface area contributed by atoms with Gasteiger partial charge in [-0.1, -0.05) is 18.2 Å². The van der Waals surface area contributed by atoms with Crippen LogP contribution >= 0.6 is 12.2 Å². The molecule has 0 bridgehead atoms. The zero-order valence-corrected chi connectivity index (χ0v) is 13.0. The highest BCUT2D eigenvalue weighted by Crippen LogP contribution is 2.24. The third kappa shape index (κ3) is 3.01. The Morgan fingerprint density at radius 1 is 1.38 bits per heavy atom. The number of nitrogens with one attached hydrogen (secondary N) is 1. The highest BCUT2D eigenvalue weighted by Gasteiger charge is 2.24. The van der Waals surface area contributed by atoms with Crippen molar-refractivity contribution in [3.05, 3.63) is 35.1 Å².